The third-order valence-electron chi connectivity index (χ3n) is 3.63. The molecular weight excluding hydrogens is 222 g/mol. The van der Waals surface area contributed by atoms with Gasteiger partial charge in [0.15, 0.2) is 0 Å². The average molecular weight is 247 g/mol. The van der Waals surface area contributed by atoms with E-state index in [9.17, 15) is 0 Å². The van der Waals surface area contributed by atoms with Crippen molar-refractivity contribution in [2.45, 2.75) is 57.7 Å². The molecular formula is C15H25N3. The zero-order valence-corrected chi connectivity index (χ0v) is 11.5. The first kappa shape index (κ1) is 13.5. The van der Waals surface area contributed by atoms with Crippen molar-refractivity contribution in [3.05, 3.63) is 30.1 Å². The maximum Gasteiger partial charge on any atom is 0.0673 e. The highest BCUT2D eigenvalue weighted by atomic mass is 15.2. The molecule has 3 nitrogen and oxygen atoms in total. The maximum absolute atomic E-state index is 6.23. The Morgan fingerprint density at radius 2 is 2.22 bits per heavy atom. The van der Waals surface area contributed by atoms with Crippen LogP contribution in [-0.2, 0) is 0 Å². The van der Waals surface area contributed by atoms with E-state index < -0.39 is 0 Å². The molecule has 2 unspecified atom stereocenters. The standard InChI is InChI=1S/C15H25N3/c1-3-4-11-18(13-8-9-13)15(12(2)16)14-7-5-6-10-17-14/h5-7,10,12-13,15H,3-4,8-9,11,16H2,1-2H3. The van der Waals surface area contributed by atoms with Gasteiger partial charge in [0.05, 0.1) is 11.7 Å². The summed E-state index contributed by atoms with van der Waals surface area (Å²) in [6.45, 7) is 5.48. The lowest BCUT2D eigenvalue weighted by molar-refractivity contribution is 0.160. The predicted octanol–water partition coefficient (Wildman–Crippen LogP) is 2.73. The second-order valence-electron chi connectivity index (χ2n) is 5.38. The Labute approximate surface area is 110 Å². The van der Waals surface area contributed by atoms with E-state index in [0.717, 1.165) is 18.3 Å². The second kappa shape index (κ2) is 6.30. The van der Waals surface area contributed by atoms with Crippen molar-refractivity contribution in [2.75, 3.05) is 6.54 Å². The van der Waals surface area contributed by atoms with Gasteiger partial charge in [0.1, 0.15) is 0 Å². The van der Waals surface area contributed by atoms with Gasteiger partial charge in [-0.1, -0.05) is 19.4 Å². The lowest BCUT2D eigenvalue weighted by atomic mass is 10.0. The van der Waals surface area contributed by atoms with E-state index in [1.165, 1.54) is 25.7 Å². The Balaban J connectivity index is 2.16. The van der Waals surface area contributed by atoms with Crippen LogP contribution in [0.15, 0.2) is 24.4 Å². The van der Waals surface area contributed by atoms with Crippen LogP contribution in [0.25, 0.3) is 0 Å². The molecule has 0 radical (unpaired) electrons. The van der Waals surface area contributed by atoms with Gasteiger partial charge in [0, 0.05) is 18.3 Å². The summed E-state index contributed by atoms with van der Waals surface area (Å²) in [6.07, 6.45) is 6.98. The van der Waals surface area contributed by atoms with Gasteiger partial charge >= 0.3 is 0 Å². The number of pyridine rings is 1. The smallest absolute Gasteiger partial charge is 0.0673 e. The van der Waals surface area contributed by atoms with Crippen LogP contribution in [0.4, 0.5) is 0 Å². The van der Waals surface area contributed by atoms with Crippen LogP contribution in [0.1, 0.15) is 51.3 Å². The molecule has 1 aromatic rings. The Bertz CT molecular complexity index is 346. The first-order valence-corrected chi connectivity index (χ1v) is 7.16. The van der Waals surface area contributed by atoms with Crippen LogP contribution in [-0.4, -0.2) is 28.5 Å². The van der Waals surface area contributed by atoms with Crippen molar-refractivity contribution in [2.24, 2.45) is 5.73 Å². The average Bonchev–Trinajstić information content (AvgIpc) is 3.19. The zero-order valence-electron chi connectivity index (χ0n) is 11.5. The molecule has 1 saturated carbocycles. The molecule has 1 aromatic heterocycles. The van der Waals surface area contributed by atoms with Crippen molar-refractivity contribution >= 4 is 0 Å². The summed E-state index contributed by atoms with van der Waals surface area (Å²) < 4.78 is 0. The summed E-state index contributed by atoms with van der Waals surface area (Å²) in [5.74, 6) is 0. The van der Waals surface area contributed by atoms with Crippen LogP contribution < -0.4 is 5.73 Å². The minimum atomic E-state index is 0.123. The van der Waals surface area contributed by atoms with E-state index in [0.29, 0.717) is 0 Å². The van der Waals surface area contributed by atoms with Gasteiger partial charge in [0.25, 0.3) is 0 Å². The summed E-state index contributed by atoms with van der Waals surface area (Å²) in [5, 5.41) is 0. The molecule has 2 atom stereocenters. The Morgan fingerprint density at radius 3 is 2.72 bits per heavy atom. The molecule has 1 fully saturated rings. The zero-order chi connectivity index (χ0) is 13.0. The predicted molar refractivity (Wildman–Crippen MR) is 75.3 cm³/mol. The fourth-order valence-electron chi connectivity index (χ4n) is 2.59. The van der Waals surface area contributed by atoms with Crippen molar-refractivity contribution in [1.29, 1.82) is 0 Å². The highest BCUT2D eigenvalue weighted by molar-refractivity contribution is 5.12. The van der Waals surface area contributed by atoms with Crippen molar-refractivity contribution in [3.63, 3.8) is 0 Å². The van der Waals surface area contributed by atoms with Crippen LogP contribution in [0.3, 0.4) is 0 Å². The molecule has 0 bridgehead atoms. The van der Waals surface area contributed by atoms with Gasteiger partial charge in [-0.15, -0.1) is 0 Å². The van der Waals surface area contributed by atoms with Gasteiger partial charge in [-0.25, -0.2) is 0 Å². The van der Waals surface area contributed by atoms with E-state index in [1.807, 2.05) is 12.3 Å². The van der Waals surface area contributed by atoms with E-state index in [-0.39, 0.29) is 12.1 Å². The Kier molecular flexibility index (Phi) is 4.72. The highest BCUT2D eigenvalue weighted by Crippen LogP contribution is 2.35. The molecule has 1 heterocycles. The van der Waals surface area contributed by atoms with E-state index in [2.05, 4.69) is 35.9 Å². The molecule has 0 amide bonds. The van der Waals surface area contributed by atoms with Gasteiger partial charge in [-0.3, -0.25) is 9.88 Å². The van der Waals surface area contributed by atoms with Gasteiger partial charge in [0.2, 0.25) is 0 Å². The minimum Gasteiger partial charge on any atom is -0.326 e. The first-order chi connectivity index (χ1) is 8.74. The highest BCUT2D eigenvalue weighted by Gasteiger charge is 2.36. The number of nitrogens with zero attached hydrogens (tertiary/aromatic N) is 2. The van der Waals surface area contributed by atoms with Crippen LogP contribution >= 0.6 is 0 Å². The quantitative estimate of drug-likeness (QED) is 0.805. The summed E-state index contributed by atoms with van der Waals surface area (Å²) in [4.78, 5) is 7.10. The summed E-state index contributed by atoms with van der Waals surface area (Å²) >= 11 is 0. The fourth-order valence-corrected chi connectivity index (χ4v) is 2.59. The third kappa shape index (κ3) is 3.30. The van der Waals surface area contributed by atoms with E-state index >= 15 is 0 Å². The van der Waals surface area contributed by atoms with E-state index in [4.69, 9.17) is 5.73 Å². The molecule has 0 aromatic carbocycles. The molecule has 1 aliphatic carbocycles. The van der Waals surface area contributed by atoms with Crippen molar-refractivity contribution in [1.82, 2.24) is 9.88 Å². The number of aromatic nitrogens is 1. The number of nitrogens with two attached hydrogens (primary N) is 1. The Morgan fingerprint density at radius 1 is 1.44 bits per heavy atom. The lowest BCUT2D eigenvalue weighted by Gasteiger charge is -2.34. The van der Waals surface area contributed by atoms with Gasteiger partial charge in [-0.2, -0.15) is 0 Å². The molecule has 3 heteroatoms. The van der Waals surface area contributed by atoms with Gasteiger partial charge < -0.3 is 5.73 Å². The van der Waals surface area contributed by atoms with E-state index in [1.54, 1.807) is 0 Å². The molecule has 2 rings (SSSR count). The Hall–Kier alpha value is -0.930. The first-order valence-electron chi connectivity index (χ1n) is 7.16. The van der Waals surface area contributed by atoms with Crippen LogP contribution in [0.5, 0.6) is 0 Å². The molecule has 0 spiro atoms. The molecule has 1 aliphatic rings. The molecule has 2 N–H and O–H groups in total. The summed E-state index contributed by atoms with van der Waals surface area (Å²) in [6, 6.07) is 7.25. The minimum absolute atomic E-state index is 0.123. The van der Waals surface area contributed by atoms with Gasteiger partial charge in [-0.05, 0) is 44.9 Å². The molecule has 100 valence electrons. The monoisotopic (exact) mass is 247 g/mol. The van der Waals surface area contributed by atoms with Crippen LogP contribution in [0, 0.1) is 0 Å². The number of hydrogen-bond acceptors (Lipinski definition) is 3. The van der Waals surface area contributed by atoms with Crippen molar-refractivity contribution < 1.29 is 0 Å². The summed E-state index contributed by atoms with van der Waals surface area (Å²) in [7, 11) is 0. The topological polar surface area (TPSA) is 42.2 Å². The lowest BCUT2D eigenvalue weighted by Crippen LogP contribution is -2.41. The number of rotatable bonds is 7. The van der Waals surface area contributed by atoms with Crippen molar-refractivity contribution in [3.8, 4) is 0 Å². The fraction of sp³-hybridized carbons (Fsp3) is 0.667. The maximum atomic E-state index is 6.23. The molecule has 0 saturated heterocycles. The molecule has 18 heavy (non-hydrogen) atoms. The SMILES string of the molecule is CCCCN(C1CC1)C(c1ccccn1)C(C)N. The normalized spacial score (nSPS) is 18.9. The summed E-state index contributed by atoms with van der Waals surface area (Å²) in [5.41, 5.74) is 7.35. The second-order valence-corrected chi connectivity index (χ2v) is 5.38. The van der Waals surface area contributed by atoms with Crippen LogP contribution in [0.2, 0.25) is 0 Å². The number of unbranched alkanes of at least 4 members (excludes halogenated alkanes) is 1. The third-order valence-corrected chi connectivity index (χ3v) is 3.63. The number of hydrogen-bond donors (Lipinski definition) is 1. The largest absolute Gasteiger partial charge is 0.326 e. The molecule has 0 aliphatic heterocycles.